The highest BCUT2D eigenvalue weighted by atomic mass is 79.9. The summed E-state index contributed by atoms with van der Waals surface area (Å²) >= 11 is 9.59. The van der Waals surface area contributed by atoms with Crippen LogP contribution in [0.2, 0.25) is 5.02 Å². The van der Waals surface area contributed by atoms with Gasteiger partial charge in [-0.25, -0.2) is 5.43 Å². The molecule has 3 aromatic rings. The molecule has 0 bridgehead atoms. The molecule has 0 aromatic heterocycles. The van der Waals surface area contributed by atoms with Gasteiger partial charge in [-0.15, -0.1) is 0 Å². The van der Waals surface area contributed by atoms with E-state index in [1.54, 1.807) is 42.5 Å². The van der Waals surface area contributed by atoms with Gasteiger partial charge in [0.1, 0.15) is 5.70 Å². The lowest BCUT2D eigenvalue weighted by molar-refractivity contribution is -0.117. The largest absolute Gasteiger partial charge is 0.493 e. The molecule has 3 aromatic carbocycles. The van der Waals surface area contributed by atoms with Crippen molar-refractivity contribution in [3.63, 3.8) is 0 Å². The van der Waals surface area contributed by atoms with Crippen LogP contribution < -0.4 is 25.1 Å². The highest BCUT2D eigenvalue weighted by Crippen LogP contribution is 2.35. The topological polar surface area (TPSA) is 92.3 Å². The monoisotopic (exact) mass is 584 g/mol. The Labute approximate surface area is 229 Å². The van der Waals surface area contributed by atoms with Gasteiger partial charge in [-0.05, 0) is 69.5 Å². The van der Waals surface area contributed by atoms with Crippen LogP contribution in [0, 0.1) is 0 Å². The van der Waals surface area contributed by atoms with Crippen molar-refractivity contribution >= 4 is 57.3 Å². The van der Waals surface area contributed by atoms with Crippen LogP contribution in [-0.2, 0) is 4.79 Å². The fraction of sp³-hybridized carbons (Fsp3) is 0.148. The van der Waals surface area contributed by atoms with Crippen LogP contribution in [0.25, 0.3) is 6.08 Å². The SMILES string of the molecule is COc1cc(/C=N\NC(=O)/C(=C\c2ccc(N(C)C)cc2)NC(=O)c2ccccc2Cl)cc(Br)c1OC. The number of nitrogens with one attached hydrogen (secondary N) is 2. The summed E-state index contributed by atoms with van der Waals surface area (Å²) in [6.07, 6.45) is 3.01. The number of nitrogens with zero attached hydrogens (tertiary/aromatic N) is 2. The molecule has 0 aliphatic rings. The molecule has 0 fully saturated rings. The lowest BCUT2D eigenvalue weighted by Gasteiger charge is -2.13. The zero-order valence-corrected chi connectivity index (χ0v) is 23.1. The number of halogens is 2. The maximum atomic E-state index is 13.1. The maximum Gasteiger partial charge on any atom is 0.287 e. The predicted molar refractivity (Wildman–Crippen MR) is 151 cm³/mol. The number of amides is 2. The standard InChI is InChI=1S/C27H26BrClN4O4/c1-33(2)19-11-9-17(10-12-19)14-23(31-26(34)20-7-5-6-8-22(20)29)27(35)32-30-16-18-13-21(28)25(37-4)24(15-18)36-3/h5-16H,1-4H3,(H,31,34)(H,32,35)/b23-14+,30-16-. The number of hydrogen-bond donors (Lipinski definition) is 2. The molecule has 37 heavy (non-hydrogen) atoms. The molecule has 10 heteroatoms. The summed E-state index contributed by atoms with van der Waals surface area (Å²) in [6, 6.07) is 17.6. The Morgan fingerprint density at radius 2 is 1.70 bits per heavy atom. The van der Waals surface area contributed by atoms with Crippen molar-refractivity contribution in [3.05, 3.63) is 92.5 Å². The summed E-state index contributed by atoms with van der Waals surface area (Å²) in [5.74, 6) is -0.104. The van der Waals surface area contributed by atoms with Crippen molar-refractivity contribution in [2.75, 3.05) is 33.2 Å². The van der Waals surface area contributed by atoms with E-state index >= 15 is 0 Å². The first-order valence-electron chi connectivity index (χ1n) is 11.0. The average molecular weight is 586 g/mol. The normalized spacial score (nSPS) is 11.2. The quantitative estimate of drug-likeness (QED) is 0.207. The minimum atomic E-state index is -0.618. The molecule has 0 aliphatic carbocycles. The molecule has 192 valence electrons. The van der Waals surface area contributed by atoms with Gasteiger partial charge in [-0.3, -0.25) is 9.59 Å². The van der Waals surface area contributed by atoms with Crippen molar-refractivity contribution in [3.8, 4) is 11.5 Å². The molecule has 2 amide bonds. The number of hydrogen-bond acceptors (Lipinski definition) is 6. The third-order valence-corrected chi connectivity index (χ3v) is 6.09. The van der Waals surface area contributed by atoms with Crippen LogP contribution in [0.1, 0.15) is 21.5 Å². The van der Waals surface area contributed by atoms with E-state index in [9.17, 15) is 9.59 Å². The van der Waals surface area contributed by atoms with Gasteiger partial charge in [0, 0.05) is 19.8 Å². The number of carbonyl (C=O) groups is 2. The average Bonchev–Trinajstić information content (AvgIpc) is 2.88. The van der Waals surface area contributed by atoms with E-state index in [2.05, 4.69) is 31.8 Å². The second-order valence-corrected chi connectivity index (χ2v) is 9.18. The van der Waals surface area contributed by atoms with E-state index in [1.165, 1.54) is 20.4 Å². The number of rotatable bonds is 9. The fourth-order valence-corrected chi connectivity index (χ4v) is 4.11. The van der Waals surface area contributed by atoms with Crippen molar-refractivity contribution in [1.82, 2.24) is 10.7 Å². The van der Waals surface area contributed by atoms with Crippen LogP contribution in [0.15, 0.2) is 75.9 Å². The highest BCUT2D eigenvalue weighted by Gasteiger charge is 2.16. The van der Waals surface area contributed by atoms with Gasteiger partial charge >= 0.3 is 0 Å². The molecule has 0 saturated carbocycles. The van der Waals surface area contributed by atoms with Gasteiger partial charge in [-0.1, -0.05) is 35.9 Å². The van der Waals surface area contributed by atoms with Gasteiger partial charge in [0.2, 0.25) is 0 Å². The lowest BCUT2D eigenvalue weighted by atomic mass is 10.1. The molecule has 0 radical (unpaired) electrons. The molecule has 0 aliphatic heterocycles. The molecule has 0 saturated heterocycles. The van der Waals surface area contributed by atoms with Gasteiger partial charge in [0.05, 0.1) is 35.5 Å². The lowest BCUT2D eigenvalue weighted by Crippen LogP contribution is -2.33. The predicted octanol–water partition coefficient (Wildman–Crippen LogP) is 5.11. The number of ether oxygens (including phenoxy) is 2. The summed E-state index contributed by atoms with van der Waals surface area (Å²) in [6.45, 7) is 0. The third kappa shape index (κ3) is 7.34. The molecule has 0 spiro atoms. The Bertz CT molecular complexity index is 1340. The second-order valence-electron chi connectivity index (χ2n) is 7.92. The molecule has 0 unspecified atom stereocenters. The van der Waals surface area contributed by atoms with Crippen molar-refractivity contribution in [1.29, 1.82) is 0 Å². The van der Waals surface area contributed by atoms with Crippen LogP contribution in [0.5, 0.6) is 11.5 Å². The van der Waals surface area contributed by atoms with Gasteiger partial charge in [0.25, 0.3) is 11.8 Å². The minimum absolute atomic E-state index is 0.00633. The Balaban J connectivity index is 1.86. The second kappa shape index (κ2) is 12.9. The Morgan fingerprint density at radius 3 is 2.32 bits per heavy atom. The number of anilines is 1. The van der Waals surface area contributed by atoms with Crippen molar-refractivity contribution in [2.24, 2.45) is 5.10 Å². The zero-order valence-electron chi connectivity index (χ0n) is 20.7. The molecule has 0 atom stereocenters. The summed E-state index contributed by atoms with van der Waals surface area (Å²) in [5, 5.41) is 6.96. The molecular formula is C27H26BrClN4O4. The molecule has 3 rings (SSSR count). The van der Waals surface area contributed by atoms with E-state index < -0.39 is 11.8 Å². The fourth-order valence-electron chi connectivity index (χ4n) is 3.27. The van der Waals surface area contributed by atoms with E-state index in [0.717, 1.165) is 5.69 Å². The van der Waals surface area contributed by atoms with E-state index in [4.69, 9.17) is 21.1 Å². The Morgan fingerprint density at radius 1 is 1.00 bits per heavy atom. The molecule has 8 nitrogen and oxygen atoms in total. The first kappa shape index (κ1) is 27.8. The summed E-state index contributed by atoms with van der Waals surface area (Å²) in [5.41, 5.74) is 5.04. The van der Waals surface area contributed by atoms with Crippen molar-refractivity contribution in [2.45, 2.75) is 0 Å². The number of methoxy groups -OCH3 is 2. The Kier molecular flexibility index (Phi) is 9.71. The van der Waals surface area contributed by atoms with Crippen LogP contribution in [0.4, 0.5) is 5.69 Å². The van der Waals surface area contributed by atoms with E-state index in [1.807, 2.05) is 43.3 Å². The van der Waals surface area contributed by atoms with Gasteiger partial charge < -0.3 is 19.7 Å². The smallest absolute Gasteiger partial charge is 0.287 e. The summed E-state index contributed by atoms with van der Waals surface area (Å²) < 4.78 is 11.3. The maximum absolute atomic E-state index is 13.1. The van der Waals surface area contributed by atoms with Gasteiger partial charge in [-0.2, -0.15) is 5.10 Å². The summed E-state index contributed by atoms with van der Waals surface area (Å²) in [7, 11) is 6.93. The first-order valence-corrected chi connectivity index (χ1v) is 12.2. The van der Waals surface area contributed by atoms with E-state index in [0.29, 0.717) is 27.1 Å². The van der Waals surface area contributed by atoms with Crippen molar-refractivity contribution < 1.29 is 19.1 Å². The van der Waals surface area contributed by atoms with Gasteiger partial charge in [0.15, 0.2) is 11.5 Å². The van der Waals surface area contributed by atoms with Crippen LogP contribution in [0.3, 0.4) is 0 Å². The molecular weight excluding hydrogens is 560 g/mol. The molecule has 2 N–H and O–H groups in total. The highest BCUT2D eigenvalue weighted by molar-refractivity contribution is 9.10. The third-order valence-electron chi connectivity index (χ3n) is 5.17. The summed E-state index contributed by atoms with van der Waals surface area (Å²) in [4.78, 5) is 27.9. The molecule has 0 heterocycles. The Hall–Kier alpha value is -3.82. The minimum Gasteiger partial charge on any atom is -0.493 e. The first-order chi connectivity index (χ1) is 17.7. The number of benzene rings is 3. The number of carbonyl (C=O) groups excluding carboxylic acids is 2. The van der Waals surface area contributed by atoms with Crippen LogP contribution in [-0.4, -0.2) is 46.3 Å². The number of hydrazone groups is 1. The zero-order chi connectivity index (χ0) is 26.9. The van der Waals surface area contributed by atoms with E-state index in [-0.39, 0.29) is 16.3 Å². The van der Waals surface area contributed by atoms with Crippen LogP contribution >= 0.6 is 27.5 Å².